The van der Waals surface area contributed by atoms with Gasteiger partial charge in [-0.1, -0.05) is 30.3 Å². The fourth-order valence-corrected chi connectivity index (χ4v) is 2.33. The van der Waals surface area contributed by atoms with E-state index in [1.54, 1.807) is 16.8 Å². The first kappa shape index (κ1) is 12.8. The van der Waals surface area contributed by atoms with Gasteiger partial charge in [-0.2, -0.15) is 0 Å². The summed E-state index contributed by atoms with van der Waals surface area (Å²) in [5.74, 6) is 0.0688. The molecule has 0 aliphatic carbocycles. The lowest BCUT2D eigenvalue weighted by Gasteiger charge is -2.13. The molecule has 1 amide bonds. The van der Waals surface area contributed by atoms with E-state index in [1.807, 2.05) is 42.6 Å². The Kier molecular flexibility index (Phi) is 4.47. The molecule has 4 heteroatoms. The maximum Gasteiger partial charge on any atom is 0.220 e. The molecule has 94 valence electrons. The van der Waals surface area contributed by atoms with E-state index in [-0.39, 0.29) is 11.9 Å². The first-order valence-electron chi connectivity index (χ1n) is 5.97. The molecule has 3 nitrogen and oxygen atoms in total. The van der Waals surface area contributed by atoms with E-state index < -0.39 is 0 Å². The number of nitrogens with one attached hydrogen (secondary N) is 1. The second-order valence-electron chi connectivity index (χ2n) is 4.18. The van der Waals surface area contributed by atoms with Crippen molar-refractivity contribution in [3.63, 3.8) is 0 Å². The molecular weight excluding hydrogens is 244 g/mol. The van der Waals surface area contributed by atoms with Crippen molar-refractivity contribution in [3.8, 4) is 0 Å². The Bertz CT molecular complexity index is 482. The van der Waals surface area contributed by atoms with Crippen LogP contribution in [-0.2, 0) is 11.2 Å². The number of carbonyl (C=O) groups is 1. The first-order valence-corrected chi connectivity index (χ1v) is 6.91. The number of carbonyl (C=O) groups excluding carboxylic acids is 1. The Morgan fingerprint density at radius 1 is 1.39 bits per heavy atom. The molecule has 1 aromatic carbocycles. The van der Waals surface area contributed by atoms with Crippen LogP contribution in [0, 0.1) is 0 Å². The number of aryl methyl sites for hydroxylation is 1. The molecule has 1 unspecified atom stereocenters. The van der Waals surface area contributed by atoms with E-state index >= 15 is 0 Å². The molecule has 1 heterocycles. The molecule has 1 aromatic heterocycles. The summed E-state index contributed by atoms with van der Waals surface area (Å²) in [5, 5.41) is 4.98. The molecule has 0 fully saturated rings. The quantitative estimate of drug-likeness (QED) is 0.898. The number of nitrogens with zero attached hydrogens (tertiary/aromatic N) is 1. The zero-order chi connectivity index (χ0) is 12.8. The summed E-state index contributed by atoms with van der Waals surface area (Å²) >= 11 is 1.56. The molecule has 0 aliphatic heterocycles. The van der Waals surface area contributed by atoms with Crippen LogP contribution in [0.5, 0.6) is 0 Å². The van der Waals surface area contributed by atoms with E-state index in [4.69, 9.17) is 0 Å². The number of amides is 1. The zero-order valence-corrected chi connectivity index (χ0v) is 11.1. The van der Waals surface area contributed by atoms with Crippen LogP contribution in [-0.4, -0.2) is 10.9 Å². The SMILES string of the molecule is CC(NC(=O)CCc1cscn1)c1ccccc1. The monoisotopic (exact) mass is 260 g/mol. The highest BCUT2D eigenvalue weighted by molar-refractivity contribution is 7.07. The predicted octanol–water partition coefficient (Wildman–Crippen LogP) is 2.95. The number of hydrogen-bond donors (Lipinski definition) is 1. The lowest BCUT2D eigenvalue weighted by Crippen LogP contribution is -2.26. The summed E-state index contributed by atoms with van der Waals surface area (Å²) in [5.41, 5.74) is 3.90. The summed E-state index contributed by atoms with van der Waals surface area (Å²) in [4.78, 5) is 16.0. The fourth-order valence-electron chi connectivity index (χ4n) is 1.74. The van der Waals surface area contributed by atoms with Crippen LogP contribution in [0.3, 0.4) is 0 Å². The third kappa shape index (κ3) is 3.67. The molecule has 1 atom stereocenters. The van der Waals surface area contributed by atoms with E-state index in [0.29, 0.717) is 12.8 Å². The molecule has 18 heavy (non-hydrogen) atoms. The summed E-state index contributed by atoms with van der Waals surface area (Å²) in [6, 6.07) is 10.0. The van der Waals surface area contributed by atoms with Gasteiger partial charge in [-0.25, -0.2) is 4.98 Å². The average Bonchev–Trinajstić information content (AvgIpc) is 2.90. The third-order valence-corrected chi connectivity index (χ3v) is 3.40. The van der Waals surface area contributed by atoms with Gasteiger partial charge in [0.15, 0.2) is 0 Å². The topological polar surface area (TPSA) is 42.0 Å². The molecule has 0 bridgehead atoms. The second-order valence-corrected chi connectivity index (χ2v) is 4.90. The summed E-state index contributed by atoms with van der Waals surface area (Å²) < 4.78 is 0. The minimum Gasteiger partial charge on any atom is -0.350 e. The molecule has 0 saturated carbocycles. The molecule has 0 spiro atoms. The largest absolute Gasteiger partial charge is 0.350 e. The van der Waals surface area contributed by atoms with Gasteiger partial charge in [-0.05, 0) is 18.9 Å². The van der Waals surface area contributed by atoms with Crippen LogP contribution in [0.1, 0.15) is 30.6 Å². The highest BCUT2D eigenvalue weighted by atomic mass is 32.1. The van der Waals surface area contributed by atoms with Crippen molar-refractivity contribution in [2.75, 3.05) is 0 Å². The van der Waals surface area contributed by atoms with Gasteiger partial charge in [0.05, 0.1) is 17.2 Å². The minimum absolute atomic E-state index is 0.0501. The number of aromatic nitrogens is 1. The van der Waals surface area contributed by atoms with Crippen molar-refractivity contribution in [2.45, 2.75) is 25.8 Å². The maximum atomic E-state index is 11.8. The molecule has 2 aromatic rings. The van der Waals surface area contributed by atoms with E-state index in [9.17, 15) is 4.79 Å². The molecule has 1 N–H and O–H groups in total. The van der Waals surface area contributed by atoms with Crippen LogP contribution in [0.2, 0.25) is 0 Å². The highest BCUT2D eigenvalue weighted by Gasteiger charge is 2.09. The van der Waals surface area contributed by atoms with Gasteiger partial charge in [0.2, 0.25) is 5.91 Å². The van der Waals surface area contributed by atoms with Gasteiger partial charge in [-0.3, -0.25) is 4.79 Å². The average molecular weight is 260 g/mol. The minimum atomic E-state index is 0.0501. The van der Waals surface area contributed by atoms with Gasteiger partial charge < -0.3 is 5.32 Å². The van der Waals surface area contributed by atoms with Crippen LogP contribution in [0.15, 0.2) is 41.2 Å². The number of rotatable bonds is 5. The van der Waals surface area contributed by atoms with Crippen molar-refractivity contribution in [1.29, 1.82) is 0 Å². The Hall–Kier alpha value is -1.68. The van der Waals surface area contributed by atoms with Crippen molar-refractivity contribution < 1.29 is 4.79 Å². The molecule has 0 saturated heterocycles. The Morgan fingerprint density at radius 3 is 2.83 bits per heavy atom. The maximum absolute atomic E-state index is 11.8. The standard InChI is InChI=1S/C14H16N2OS/c1-11(12-5-3-2-4-6-12)16-14(17)8-7-13-9-18-10-15-13/h2-6,9-11H,7-8H2,1H3,(H,16,17). The normalized spacial score (nSPS) is 12.1. The van der Waals surface area contributed by atoms with Crippen molar-refractivity contribution in [1.82, 2.24) is 10.3 Å². The number of thiazole rings is 1. The molecule has 0 radical (unpaired) electrons. The van der Waals surface area contributed by atoms with Gasteiger partial charge in [0.1, 0.15) is 0 Å². The molecule has 0 aliphatic rings. The lowest BCUT2D eigenvalue weighted by atomic mass is 10.1. The van der Waals surface area contributed by atoms with Gasteiger partial charge >= 0.3 is 0 Å². The van der Waals surface area contributed by atoms with E-state index in [1.165, 1.54) is 0 Å². The summed E-state index contributed by atoms with van der Waals surface area (Å²) in [6.07, 6.45) is 1.19. The highest BCUT2D eigenvalue weighted by Crippen LogP contribution is 2.11. The van der Waals surface area contributed by atoms with Gasteiger partial charge in [0.25, 0.3) is 0 Å². The third-order valence-electron chi connectivity index (χ3n) is 2.77. The smallest absolute Gasteiger partial charge is 0.220 e. The van der Waals surface area contributed by atoms with Crippen molar-refractivity contribution in [3.05, 3.63) is 52.5 Å². The Balaban J connectivity index is 1.80. The number of hydrogen-bond acceptors (Lipinski definition) is 3. The lowest BCUT2D eigenvalue weighted by molar-refractivity contribution is -0.121. The van der Waals surface area contributed by atoms with Crippen molar-refractivity contribution >= 4 is 17.2 Å². The van der Waals surface area contributed by atoms with Crippen LogP contribution in [0.4, 0.5) is 0 Å². The zero-order valence-electron chi connectivity index (χ0n) is 10.3. The van der Waals surface area contributed by atoms with Crippen LogP contribution in [0.25, 0.3) is 0 Å². The predicted molar refractivity (Wildman–Crippen MR) is 73.4 cm³/mol. The van der Waals surface area contributed by atoms with E-state index in [2.05, 4.69) is 10.3 Å². The van der Waals surface area contributed by atoms with Crippen LogP contribution < -0.4 is 5.32 Å². The molecule has 2 rings (SSSR count). The summed E-state index contributed by atoms with van der Waals surface area (Å²) in [7, 11) is 0. The number of benzene rings is 1. The first-order chi connectivity index (χ1) is 8.75. The Labute approximate surface area is 111 Å². The van der Waals surface area contributed by atoms with Crippen LogP contribution >= 0.6 is 11.3 Å². The van der Waals surface area contributed by atoms with Gasteiger partial charge in [0, 0.05) is 11.8 Å². The summed E-state index contributed by atoms with van der Waals surface area (Å²) in [6.45, 7) is 2.00. The van der Waals surface area contributed by atoms with Gasteiger partial charge in [-0.15, -0.1) is 11.3 Å². The Morgan fingerprint density at radius 2 is 2.17 bits per heavy atom. The van der Waals surface area contributed by atoms with Crippen molar-refractivity contribution in [2.24, 2.45) is 0 Å². The van der Waals surface area contributed by atoms with E-state index in [0.717, 1.165) is 11.3 Å². The second kappa shape index (κ2) is 6.31. The fraction of sp³-hybridized carbons (Fsp3) is 0.286. The molecular formula is C14H16N2OS.